The Balaban J connectivity index is 1.70. The zero-order valence-corrected chi connectivity index (χ0v) is 14.7. The molecule has 5 nitrogen and oxygen atoms in total. The molecule has 1 unspecified atom stereocenters. The van der Waals surface area contributed by atoms with Crippen molar-refractivity contribution in [3.05, 3.63) is 77.5 Å². The molecule has 0 spiro atoms. The highest BCUT2D eigenvalue weighted by atomic mass is 32.2. The molecule has 3 rings (SSSR count). The van der Waals surface area contributed by atoms with E-state index in [4.69, 9.17) is 0 Å². The van der Waals surface area contributed by atoms with Gasteiger partial charge in [0.15, 0.2) is 5.78 Å². The third kappa shape index (κ3) is 4.35. The Labute approximate surface area is 147 Å². The molecular weight excluding hydrogens is 336 g/mol. The summed E-state index contributed by atoms with van der Waals surface area (Å²) < 4.78 is 24.7. The van der Waals surface area contributed by atoms with E-state index in [1.165, 1.54) is 6.08 Å². The molecule has 2 aromatic rings. The molecule has 0 aliphatic heterocycles. The van der Waals surface area contributed by atoms with Gasteiger partial charge in [-0.2, -0.15) is 0 Å². The van der Waals surface area contributed by atoms with Crippen LogP contribution in [0.15, 0.2) is 71.3 Å². The van der Waals surface area contributed by atoms with E-state index < -0.39 is 10.0 Å². The molecule has 0 heterocycles. The number of benzene rings is 2. The number of carbonyl (C=O) groups is 1. The lowest BCUT2D eigenvalue weighted by Crippen LogP contribution is -2.38. The van der Waals surface area contributed by atoms with Crippen molar-refractivity contribution in [3.63, 3.8) is 0 Å². The molecule has 2 aromatic carbocycles. The van der Waals surface area contributed by atoms with E-state index in [9.17, 15) is 13.2 Å². The predicted molar refractivity (Wildman–Crippen MR) is 96.1 cm³/mol. The van der Waals surface area contributed by atoms with Gasteiger partial charge in [-0.05, 0) is 37.0 Å². The van der Waals surface area contributed by atoms with E-state index in [2.05, 4.69) is 10.3 Å². The van der Waals surface area contributed by atoms with Crippen molar-refractivity contribution < 1.29 is 13.2 Å². The molecule has 1 aliphatic rings. The van der Waals surface area contributed by atoms with Gasteiger partial charge in [-0.15, -0.1) is 4.83 Å². The fraction of sp³-hybridized carbons (Fsp3) is 0.211. The third-order valence-corrected chi connectivity index (χ3v) is 5.46. The van der Waals surface area contributed by atoms with Gasteiger partial charge in [-0.3, -0.25) is 4.79 Å². The Kier molecular flexibility index (Phi) is 5.01. The van der Waals surface area contributed by atoms with Gasteiger partial charge in [0.1, 0.15) is 0 Å². The lowest BCUT2D eigenvalue weighted by molar-refractivity contribution is -0.115. The first-order valence-electron chi connectivity index (χ1n) is 8.07. The van der Waals surface area contributed by atoms with E-state index in [1.807, 2.05) is 37.3 Å². The highest BCUT2D eigenvalue weighted by Crippen LogP contribution is 2.30. The van der Waals surface area contributed by atoms with Crippen molar-refractivity contribution >= 4 is 15.8 Å². The van der Waals surface area contributed by atoms with Crippen LogP contribution in [0.3, 0.4) is 0 Å². The van der Waals surface area contributed by atoms with Gasteiger partial charge in [0.25, 0.3) is 10.0 Å². The zero-order chi connectivity index (χ0) is 17.9. The number of hydrazine groups is 1. The SMILES string of the molecule is Cc1ccc(S(=O)(=O)NNC2=CC(=O)CC(c3ccccc3)C2)cc1. The Morgan fingerprint density at radius 2 is 1.64 bits per heavy atom. The minimum Gasteiger partial charge on any atom is -0.312 e. The van der Waals surface area contributed by atoms with Crippen LogP contribution in [0.1, 0.15) is 29.9 Å². The standard InChI is InChI=1S/C19H20N2O3S/c1-14-7-9-19(10-8-14)25(23,24)21-20-17-11-16(12-18(22)13-17)15-5-3-2-4-6-15/h2-10,13,16,20-21H,11-12H2,1H3. The second-order valence-corrected chi connectivity index (χ2v) is 7.88. The summed E-state index contributed by atoms with van der Waals surface area (Å²) in [5.41, 5.74) is 5.34. The van der Waals surface area contributed by atoms with Crippen LogP contribution < -0.4 is 10.3 Å². The lowest BCUT2D eigenvalue weighted by atomic mass is 9.86. The normalized spacial score (nSPS) is 17.9. The Morgan fingerprint density at radius 1 is 0.960 bits per heavy atom. The number of hydrogen-bond acceptors (Lipinski definition) is 4. The Morgan fingerprint density at radius 3 is 2.32 bits per heavy atom. The van der Waals surface area contributed by atoms with Gasteiger partial charge >= 0.3 is 0 Å². The van der Waals surface area contributed by atoms with Crippen LogP contribution in [-0.4, -0.2) is 14.2 Å². The molecule has 1 aliphatic carbocycles. The highest BCUT2D eigenvalue weighted by molar-refractivity contribution is 7.89. The van der Waals surface area contributed by atoms with Crippen molar-refractivity contribution in [2.24, 2.45) is 0 Å². The van der Waals surface area contributed by atoms with E-state index in [0.717, 1.165) is 11.1 Å². The summed E-state index contributed by atoms with van der Waals surface area (Å²) in [6.45, 7) is 1.89. The molecule has 130 valence electrons. The summed E-state index contributed by atoms with van der Waals surface area (Å²) in [5, 5.41) is 0. The first-order valence-corrected chi connectivity index (χ1v) is 9.55. The number of nitrogens with one attached hydrogen (secondary N) is 2. The molecule has 0 amide bonds. The zero-order valence-electron chi connectivity index (χ0n) is 13.9. The van der Waals surface area contributed by atoms with Gasteiger partial charge in [-0.1, -0.05) is 48.0 Å². The second-order valence-electron chi connectivity index (χ2n) is 6.20. The lowest BCUT2D eigenvalue weighted by Gasteiger charge is -2.23. The molecule has 0 aromatic heterocycles. The van der Waals surface area contributed by atoms with Gasteiger partial charge in [0.2, 0.25) is 0 Å². The average Bonchev–Trinajstić information content (AvgIpc) is 2.61. The molecule has 6 heteroatoms. The summed E-state index contributed by atoms with van der Waals surface area (Å²) >= 11 is 0. The minimum atomic E-state index is -3.69. The monoisotopic (exact) mass is 356 g/mol. The topological polar surface area (TPSA) is 75.3 Å². The van der Waals surface area contributed by atoms with Crippen molar-refractivity contribution in [2.75, 3.05) is 0 Å². The van der Waals surface area contributed by atoms with Crippen molar-refractivity contribution in [1.29, 1.82) is 0 Å². The summed E-state index contributed by atoms with van der Waals surface area (Å²) in [6.07, 6.45) is 2.48. The quantitative estimate of drug-likeness (QED) is 0.808. The van der Waals surface area contributed by atoms with E-state index in [-0.39, 0.29) is 16.6 Å². The van der Waals surface area contributed by atoms with Crippen LogP contribution in [0.4, 0.5) is 0 Å². The van der Waals surface area contributed by atoms with Crippen molar-refractivity contribution in [2.45, 2.75) is 30.6 Å². The fourth-order valence-electron chi connectivity index (χ4n) is 2.85. The van der Waals surface area contributed by atoms with Crippen LogP contribution in [0.25, 0.3) is 0 Å². The first kappa shape index (κ1) is 17.4. The maximum atomic E-state index is 12.3. The van der Waals surface area contributed by atoms with Gasteiger partial charge in [-0.25, -0.2) is 8.42 Å². The molecule has 0 fully saturated rings. The van der Waals surface area contributed by atoms with Crippen LogP contribution in [0.2, 0.25) is 0 Å². The third-order valence-electron chi connectivity index (χ3n) is 4.20. The summed E-state index contributed by atoms with van der Waals surface area (Å²) in [7, 11) is -3.69. The smallest absolute Gasteiger partial charge is 0.257 e. The Bertz CT molecular complexity index is 888. The van der Waals surface area contributed by atoms with Crippen molar-refractivity contribution in [1.82, 2.24) is 10.3 Å². The minimum absolute atomic E-state index is 0.0165. The van der Waals surface area contributed by atoms with E-state index >= 15 is 0 Å². The van der Waals surface area contributed by atoms with Crippen molar-refractivity contribution in [3.8, 4) is 0 Å². The highest BCUT2D eigenvalue weighted by Gasteiger charge is 2.23. The average molecular weight is 356 g/mol. The van der Waals surface area contributed by atoms with Crippen LogP contribution in [-0.2, 0) is 14.8 Å². The first-order chi connectivity index (χ1) is 11.9. The number of hydrogen-bond donors (Lipinski definition) is 2. The number of allylic oxidation sites excluding steroid dienone is 2. The summed E-state index contributed by atoms with van der Waals surface area (Å²) in [4.78, 5) is 14.5. The largest absolute Gasteiger partial charge is 0.312 e. The summed E-state index contributed by atoms with van der Waals surface area (Å²) in [5.74, 6) is 0.0298. The van der Waals surface area contributed by atoms with Crippen LogP contribution in [0, 0.1) is 6.92 Å². The van der Waals surface area contributed by atoms with E-state index in [1.54, 1.807) is 24.3 Å². The van der Waals surface area contributed by atoms with Crippen LogP contribution >= 0.6 is 0 Å². The molecule has 0 saturated heterocycles. The second kappa shape index (κ2) is 7.21. The van der Waals surface area contributed by atoms with Gasteiger partial charge in [0.05, 0.1) is 4.90 Å². The maximum absolute atomic E-state index is 12.3. The van der Waals surface area contributed by atoms with Crippen LogP contribution in [0.5, 0.6) is 0 Å². The number of ketones is 1. The molecular formula is C19H20N2O3S. The summed E-state index contributed by atoms with van der Waals surface area (Å²) in [6, 6.07) is 16.3. The molecule has 2 N–H and O–H groups in total. The molecule has 1 atom stereocenters. The van der Waals surface area contributed by atoms with Gasteiger partial charge in [0, 0.05) is 18.2 Å². The Hall–Kier alpha value is -2.44. The number of rotatable bonds is 5. The maximum Gasteiger partial charge on any atom is 0.257 e. The molecule has 0 saturated carbocycles. The number of carbonyl (C=O) groups excluding carboxylic acids is 1. The number of aryl methyl sites for hydroxylation is 1. The fourth-order valence-corrected chi connectivity index (χ4v) is 3.73. The molecule has 0 bridgehead atoms. The van der Waals surface area contributed by atoms with E-state index in [0.29, 0.717) is 18.5 Å². The molecule has 0 radical (unpaired) electrons. The predicted octanol–water partition coefficient (Wildman–Crippen LogP) is 2.81. The number of sulfonamides is 1. The van der Waals surface area contributed by atoms with Gasteiger partial charge < -0.3 is 5.43 Å². The molecule has 25 heavy (non-hydrogen) atoms.